The summed E-state index contributed by atoms with van der Waals surface area (Å²) in [7, 11) is 0. The summed E-state index contributed by atoms with van der Waals surface area (Å²) in [6.07, 6.45) is 8.60. The number of anilines is 1. The molecule has 0 bridgehead atoms. The summed E-state index contributed by atoms with van der Waals surface area (Å²) in [5.74, 6) is 1.96. The normalized spacial score (nSPS) is 21.8. The monoisotopic (exact) mass is 393 g/mol. The lowest BCUT2D eigenvalue weighted by molar-refractivity contribution is -0.119. The highest BCUT2D eigenvalue weighted by atomic mass is 32.1. The van der Waals surface area contributed by atoms with E-state index in [0.29, 0.717) is 11.7 Å². The Hall–Kier alpha value is -2.54. The summed E-state index contributed by atoms with van der Waals surface area (Å²) < 4.78 is 0. The van der Waals surface area contributed by atoms with Crippen LogP contribution in [-0.2, 0) is 17.6 Å². The average Bonchev–Trinajstić information content (AvgIpc) is 3.32. The highest BCUT2D eigenvalue weighted by molar-refractivity contribution is 7.19. The van der Waals surface area contributed by atoms with Crippen molar-refractivity contribution in [1.29, 1.82) is 0 Å². The smallest absolute Gasteiger partial charge is 0.240 e. The number of rotatable bonds is 3. The van der Waals surface area contributed by atoms with Gasteiger partial charge in [-0.2, -0.15) is 0 Å². The molecule has 0 aromatic carbocycles. The van der Waals surface area contributed by atoms with Gasteiger partial charge < -0.3 is 10.6 Å². The van der Waals surface area contributed by atoms with Gasteiger partial charge >= 0.3 is 0 Å². The van der Waals surface area contributed by atoms with Gasteiger partial charge in [0.25, 0.3) is 0 Å². The Kier molecular flexibility index (Phi) is 4.27. The van der Waals surface area contributed by atoms with Gasteiger partial charge in [0, 0.05) is 29.4 Å². The van der Waals surface area contributed by atoms with E-state index in [1.54, 1.807) is 23.7 Å². The summed E-state index contributed by atoms with van der Waals surface area (Å²) in [6.45, 7) is 3.11. The second-order valence-electron chi connectivity index (χ2n) is 7.90. The van der Waals surface area contributed by atoms with Gasteiger partial charge in [0.2, 0.25) is 5.91 Å². The summed E-state index contributed by atoms with van der Waals surface area (Å²) >= 11 is 1.78. The number of carbonyl (C=O) groups is 1. The second-order valence-corrected chi connectivity index (χ2v) is 8.98. The van der Waals surface area contributed by atoms with Crippen molar-refractivity contribution in [3.05, 3.63) is 35.0 Å². The third-order valence-corrected chi connectivity index (χ3v) is 7.06. The Balaban J connectivity index is 1.74. The van der Waals surface area contributed by atoms with Crippen molar-refractivity contribution in [3.63, 3.8) is 0 Å². The fraction of sp³-hybridized carbons (Fsp3) is 0.429. The molecule has 4 heterocycles. The van der Waals surface area contributed by atoms with Crippen molar-refractivity contribution < 1.29 is 4.79 Å². The molecule has 0 saturated carbocycles. The molecule has 1 saturated heterocycles. The Morgan fingerprint density at radius 1 is 1.32 bits per heavy atom. The lowest BCUT2D eigenvalue weighted by atomic mass is 9.89. The van der Waals surface area contributed by atoms with E-state index in [0.717, 1.165) is 53.8 Å². The largest absolute Gasteiger partial charge is 0.368 e. The van der Waals surface area contributed by atoms with Crippen LogP contribution in [0, 0.1) is 5.92 Å². The minimum absolute atomic E-state index is 0.273. The topological polar surface area (TPSA) is 85.0 Å². The predicted molar refractivity (Wildman–Crippen MR) is 111 cm³/mol. The van der Waals surface area contributed by atoms with Crippen LogP contribution in [0.3, 0.4) is 0 Å². The van der Waals surface area contributed by atoms with Crippen LogP contribution in [-0.4, -0.2) is 33.4 Å². The van der Waals surface area contributed by atoms with Crippen LogP contribution < -0.4 is 10.6 Å². The van der Waals surface area contributed by atoms with E-state index >= 15 is 0 Å². The molecule has 28 heavy (non-hydrogen) atoms. The van der Waals surface area contributed by atoms with Gasteiger partial charge in [0.05, 0.1) is 5.39 Å². The number of hydrogen-bond acceptors (Lipinski definition) is 6. The first-order valence-electron chi connectivity index (χ1n) is 9.90. The Bertz CT molecular complexity index is 1050. The molecule has 1 amide bonds. The molecule has 2 aliphatic rings. The van der Waals surface area contributed by atoms with Crippen LogP contribution >= 0.6 is 11.3 Å². The van der Waals surface area contributed by atoms with E-state index in [2.05, 4.69) is 16.8 Å². The van der Waals surface area contributed by atoms with Crippen molar-refractivity contribution in [2.75, 3.05) is 11.4 Å². The summed E-state index contributed by atoms with van der Waals surface area (Å²) in [6, 6.07) is 3.58. The molecule has 7 heteroatoms. The molecule has 0 spiro atoms. The minimum Gasteiger partial charge on any atom is -0.368 e. The molecule has 6 nitrogen and oxygen atoms in total. The van der Waals surface area contributed by atoms with Gasteiger partial charge in [-0.3, -0.25) is 9.78 Å². The van der Waals surface area contributed by atoms with Crippen LogP contribution in [0.1, 0.15) is 36.6 Å². The number of hydrogen-bond donors (Lipinski definition) is 1. The van der Waals surface area contributed by atoms with Gasteiger partial charge in [-0.05, 0) is 55.7 Å². The third kappa shape index (κ3) is 2.85. The van der Waals surface area contributed by atoms with Gasteiger partial charge in [0.1, 0.15) is 16.7 Å². The molecular formula is C21H23N5OS. The quantitative estimate of drug-likeness (QED) is 0.738. The first kappa shape index (κ1) is 17.6. The average molecular weight is 394 g/mol. The van der Waals surface area contributed by atoms with Crippen molar-refractivity contribution in [2.24, 2.45) is 11.7 Å². The van der Waals surface area contributed by atoms with E-state index < -0.39 is 0 Å². The Labute approximate surface area is 167 Å². The molecule has 0 unspecified atom stereocenters. The summed E-state index contributed by atoms with van der Waals surface area (Å²) in [5, 5.41) is 1.13. The Morgan fingerprint density at radius 2 is 2.21 bits per heavy atom. The van der Waals surface area contributed by atoms with Crippen molar-refractivity contribution >= 4 is 33.3 Å². The SMILES string of the molecule is C[C@H]1CCc2c(sc3nc(-c4cccnc4)nc(N4CCC[C@@H]4C(N)=O)c23)C1. The fourth-order valence-electron chi connectivity index (χ4n) is 4.47. The zero-order chi connectivity index (χ0) is 19.3. The van der Waals surface area contributed by atoms with Crippen molar-refractivity contribution in [1.82, 2.24) is 15.0 Å². The standard InChI is InChI=1S/C21H23N5OS/c1-12-6-7-14-16(10-12)28-21-17(14)20(26-9-3-5-15(26)18(22)27)24-19(25-21)13-4-2-8-23-11-13/h2,4,8,11-12,15H,3,5-7,9-10H2,1H3,(H2,22,27)/t12-,15+/m0/s1. The molecule has 5 rings (SSSR count). The number of nitrogens with zero attached hydrogens (tertiary/aromatic N) is 4. The lowest BCUT2D eigenvalue weighted by Gasteiger charge is -2.25. The highest BCUT2D eigenvalue weighted by Crippen LogP contribution is 2.43. The van der Waals surface area contributed by atoms with Crippen molar-refractivity contribution in [2.45, 2.75) is 45.1 Å². The first-order chi connectivity index (χ1) is 13.6. The maximum absolute atomic E-state index is 12.1. The molecule has 3 aromatic heterocycles. The number of primary amides is 1. The van der Waals surface area contributed by atoms with E-state index in [-0.39, 0.29) is 11.9 Å². The molecule has 1 aliphatic carbocycles. The van der Waals surface area contributed by atoms with E-state index in [4.69, 9.17) is 15.7 Å². The second kappa shape index (κ2) is 6.81. The van der Waals surface area contributed by atoms with Gasteiger partial charge in [0.15, 0.2) is 5.82 Å². The van der Waals surface area contributed by atoms with Gasteiger partial charge in [-0.25, -0.2) is 9.97 Å². The Morgan fingerprint density at radius 3 is 3.00 bits per heavy atom. The first-order valence-corrected chi connectivity index (χ1v) is 10.7. The number of nitrogens with two attached hydrogens (primary N) is 1. The minimum atomic E-state index is -0.294. The van der Waals surface area contributed by atoms with Crippen molar-refractivity contribution in [3.8, 4) is 11.4 Å². The summed E-state index contributed by atoms with van der Waals surface area (Å²) in [4.78, 5) is 30.7. The zero-order valence-electron chi connectivity index (χ0n) is 15.9. The predicted octanol–water partition coefficient (Wildman–Crippen LogP) is 3.33. The molecular weight excluding hydrogens is 370 g/mol. The number of fused-ring (bicyclic) bond motifs is 3. The number of aromatic nitrogens is 3. The van der Waals surface area contributed by atoms with Gasteiger partial charge in [-0.15, -0.1) is 11.3 Å². The van der Waals surface area contributed by atoms with Crippen LogP contribution in [0.25, 0.3) is 21.6 Å². The number of pyridine rings is 1. The fourth-order valence-corrected chi connectivity index (χ4v) is 5.85. The zero-order valence-corrected chi connectivity index (χ0v) is 16.7. The summed E-state index contributed by atoms with van der Waals surface area (Å²) in [5.41, 5.74) is 7.98. The molecule has 1 aliphatic heterocycles. The van der Waals surface area contributed by atoms with Crippen LogP contribution in [0.5, 0.6) is 0 Å². The van der Waals surface area contributed by atoms with Gasteiger partial charge in [-0.1, -0.05) is 6.92 Å². The molecule has 3 aromatic rings. The highest BCUT2D eigenvalue weighted by Gasteiger charge is 2.34. The van der Waals surface area contributed by atoms with Crippen LogP contribution in [0.2, 0.25) is 0 Å². The maximum Gasteiger partial charge on any atom is 0.240 e. The molecule has 0 radical (unpaired) electrons. The maximum atomic E-state index is 12.1. The molecule has 2 N–H and O–H groups in total. The lowest BCUT2D eigenvalue weighted by Crippen LogP contribution is -2.41. The van der Waals surface area contributed by atoms with E-state index in [1.165, 1.54) is 16.9 Å². The van der Waals surface area contributed by atoms with E-state index in [9.17, 15) is 4.79 Å². The third-order valence-electron chi connectivity index (χ3n) is 5.91. The number of thiophene rings is 1. The van der Waals surface area contributed by atoms with E-state index in [1.807, 2.05) is 12.1 Å². The molecule has 2 atom stereocenters. The van der Waals surface area contributed by atoms with Crippen LogP contribution in [0.4, 0.5) is 5.82 Å². The number of carbonyl (C=O) groups excluding carboxylic acids is 1. The number of aryl methyl sites for hydroxylation is 1. The molecule has 1 fully saturated rings. The molecule has 144 valence electrons. The number of amides is 1. The van der Waals surface area contributed by atoms with Crippen LogP contribution in [0.15, 0.2) is 24.5 Å².